The molecule has 0 spiro atoms. The minimum Gasteiger partial charge on any atom is -0.372 e. The van der Waals surface area contributed by atoms with E-state index in [4.69, 9.17) is 0 Å². The van der Waals surface area contributed by atoms with Crippen LogP contribution in [0.25, 0.3) is 0 Å². The van der Waals surface area contributed by atoms with Gasteiger partial charge in [-0.2, -0.15) is 0 Å². The van der Waals surface area contributed by atoms with E-state index in [1.165, 1.54) is 0 Å². The number of amides is 1. The zero-order valence-corrected chi connectivity index (χ0v) is 12.1. The van der Waals surface area contributed by atoms with Crippen LogP contribution in [0.3, 0.4) is 0 Å². The molecule has 0 fully saturated rings. The van der Waals surface area contributed by atoms with Gasteiger partial charge in [-0.05, 0) is 6.07 Å². The molecule has 112 valence electrons. The van der Waals surface area contributed by atoms with Gasteiger partial charge in [0.1, 0.15) is 11.6 Å². The standard InChI is InChI=1S/C11H17FN4O3S/c1-3-16-20(18,19)5-4-14-11(17)9-6-8(12)7-15-10(9)13-2/h6-7,16H,3-5H2,1-2H3,(H,13,15)(H,14,17). The van der Waals surface area contributed by atoms with E-state index >= 15 is 0 Å². The molecule has 1 heterocycles. The Balaban J connectivity index is 2.66. The maximum absolute atomic E-state index is 13.1. The second kappa shape index (κ2) is 7.15. The third-order valence-corrected chi connectivity index (χ3v) is 3.83. The van der Waals surface area contributed by atoms with Crippen molar-refractivity contribution in [2.75, 3.05) is 31.2 Å². The number of anilines is 1. The molecule has 3 N–H and O–H groups in total. The molecule has 0 aromatic carbocycles. The molecule has 9 heteroatoms. The van der Waals surface area contributed by atoms with Gasteiger partial charge < -0.3 is 10.6 Å². The van der Waals surface area contributed by atoms with Crippen molar-refractivity contribution in [2.24, 2.45) is 0 Å². The lowest BCUT2D eigenvalue weighted by atomic mass is 10.2. The summed E-state index contributed by atoms with van der Waals surface area (Å²) >= 11 is 0. The van der Waals surface area contributed by atoms with E-state index in [0.29, 0.717) is 0 Å². The van der Waals surface area contributed by atoms with Gasteiger partial charge in [0, 0.05) is 20.1 Å². The van der Waals surface area contributed by atoms with Gasteiger partial charge in [-0.15, -0.1) is 0 Å². The molecule has 1 amide bonds. The average Bonchev–Trinajstić information content (AvgIpc) is 2.38. The highest BCUT2D eigenvalue weighted by atomic mass is 32.2. The largest absolute Gasteiger partial charge is 0.372 e. The molecule has 1 aromatic rings. The number of nitrogens with one attached hydrogen (secondary N) is 3. The Morgan fingerprint density at radius 2 is 2.15 bits per heavy atom. The fourth-order valence-electron chi connectivity index (χ4n) is 1.50. The molecular formula is C11H17FN4O3S. The number of halogens is 1. The zero-order valence-electron chi connectivity index (χ0n) is 11.2. The molecule has 1 aromatic heterocycles. The molecule has 0 radical (unpaired) electrons. The quantitative estimate of drug-likeness (QED) is 0.655. The highest BCUT2D eigenvalue weighted by Crippen LogP contribution is 2.12. The first-order chi connectivity index (χ1) is 9.39. The van der Waals surface area contributed by atoms with E-state index in [1.807, 2.05) is 0 Å². The van der Waals surface area contributed by atoms with Crippen molar-refractivity contribution in [2.45, 2.75) is 6.92 Å². The number of hydrogen-bond acceptors (Lipinski definition) is 5. The first kappa shape index (κ1) is 16.3. The molecule has 0 bridgehead atoms. The Morgan fingerprint density at radius 3 is 2.75 bits per heavy atom. The summed E-state index contributed by atoms with van der Waals surface area (Å²) in [5.74, 6) is -1.26. The number of hydrogen-bond donors (Lipinski definition) is 3. The van der Waals surface area contributed by atoms with Gasteiger partial charge >= 0.3 is 0 Å². The maximum atomic E-state index is 13.1. The van der Waals surface area contributed by atoms with Crippen molar-refractivity contribution in [1.29, 1.82) is 0 Å². The van der Waals surface area contributed by atoms with Gasteiger partial charge in [0.15, 0.2) is 0 Å². The van der Waals surface area contributed by atoms with Gasteiger partial charge in [0.25, 0.3) is 5.91 Å². The summed E-state index contributed by atoms with van der Waals surface area (Å²) in [6, 6.07) is 1.03. The van der Waals surface area contributed by atoms with Gasteiger partial charge in [-0.25, -0.2) is 22.5 Å². The van der Waals surface area contributed by atoms with Crippen molar-refractivity contribution in [3.05, 3.63) is 23.6 Å². The Morgan fingerprint density at radius 1 is 1.45 bits per heavy atom. The number of pyridine rings is 1. The van der Waals surface area contributed by atoms with Crippen LogP contribution in [0.1, 0.15) is 17.3 Å². The highest BCUT2D eigenvalue weighted by molar-refractivity contribution is 7.89. The van der Waals surface area contributed by atoms with E-state index in [-0.39, 0.29) is 30.2 Å². The molecule has 7 nitrogen and oxygen atoms in total. The Bertz CT molecular complexity index is 577. The van der Waals surface area contributed by atoms with Crippen molar-refractivity contribution in [3.8, 4) is 0 Å². The van der Waals surface area contributed by atoms with Crippen LogP contribution in [0.2, 0.25) is 0 Å². The van der Waals surface area contributed by atoms with E-state index in [0.717, 1.165) is 12.3 Å². The molecular weight excluding hydrogens is 287 g/mol. The third kappa shape index (κ3) is 4.74. The molecule has 0 aliphatic rings. The molecule has 0 unspecified atom stereocenters. The summed E-state index contributed by atoms with van der Waals surface area (Å²) in [5, 5.41) is 5.07. The Labute approximate surface area is 117 Å². The van der Waals surface area contributed by atoms with Gasteiger partial charge in [0.05, 0.1) is 17.5 Å². The summed E-state index contributed by atoms with van der Waals surface area (Å²) in [6.45, 7) is 1.87. The second-order valence-electron chi connectivity index (χ2n) is 3.87. The van der Waals surface area contributed by atoms with Crippen LogP contribution < -0.4 is 15.4 Å². The first-order valence-electron chi connectivity index (χ1n) is 5.98. The average molecular weight is 304 g/mol. The predicted molar refractivity (Wildman–Crippen MR) is 73.5 cm³/mol. The van der Waals surface area contributed by atoms with Crippen LogP contribution in [0, 0.1) is 5.82 Å². The smallest absolute Gasteiger partial charge is 0.255 e. The number of aromatic nitrogens is 1. The number of carbonyl (C=O) groups excluding carboxylic acids is 1. The lowest BCUT2D eigenvalue weighted by Gasteiger charge is -2.09. The van der Waals surface area contributed by atoms with E-state index in [9.17, 15) is 17.6 Å². The minimum atomic E-state index is -3.40. The van der Waals surface area contributed by atoms with Crippen LogP contribution >= 0.6 is 0 Å². The van der Waals surface area contributed by atoms with Gasteiger partial charge in [-0.1, -0.05) is 6.92 Å². The molecule has 0 atom stereocenters. The fourth-order valence-corrected chi connectivity index (χ4v) is 2.45. The minimum absolute atomic E-state index is 0.0216. The summed E-state index contributed by atoms with van der Waals surface area (Å²) in [6.07, 6.45) is 0.984. The highest BCUT2D eigenvalue weighted by Gasteiger charge is 2.14. The maximum Gasteiger partial charge on any atom is 0.255 e. The van der Waals surface area contributed by atoms with Crippen molar-refractivity contribution in [1.82, 2.24) is 15.0 Å². The SMILES string of the molecule is CCNS(=O)(=O)CCNC(=O)c1cc(F)cnc1NC. The summed E-state index contributed by atoms with van der Waals surface area (Å²) in [5.41, 5.74) is 0.0216. The van der Waals surface area contributed by atoms with Crippen molar-refractivity contribution in [3.63, 3.8) is 0 Å². The molecule has 0 saturated heterocycles. The molecule has 0 saturated carbocycles. The fraction of sp³-hybridized carbons (Fsp3) is 0.455. The summed E-state index contributed by atoms with van der Waals surface area (Å²) in [4.78, 5) is 15.6. The summed E-state index contributed by atoms with van der Waals surface area (Å²) in [7, 11) is -1.86. The monoisotopic (exact) mass is 304 g/mol. The van der Waals surface area contributed by atoms with Crippen LogP contribution in [-0.2, 0) is 10.0 Å². The van der Waals surface area contributed by atoms with E-state index in [1.54, 1.807) is 14.0 Å². The van der Waals surface area contributed by atoms with Crippen molar-refractivity contribution < 1.29 is 17.6 Å². The lowest BCUT2D eigenvalue weighted by molar-refractivity contribution is 0.0956. The van der Waals surface area contributed by atoms with E-state index in [2.05, 4.69) is 20.3 Å². The first-order valence-corrected chi connectivity index (χ1v) is 7.63. The van der Waals surface area contributed by atoms with Gasteiger partial charge in [0.2, 0.25) is 10.0 Å². The topological polar surface area (TPSA) is 100 Å². The molecule has 1 rings (SSSR count). The van der Waals surface area contributed by atoms with Crippen molar-refractivity contribution >= 4 is 21.7 Å². The van der Waals surface area contributed by atoms with Crippen LogP contribution in [-0.4, -0.2) is 45.2 Å². The predicted octanol–water partition coefficient (Wildman–Crippen LogP) is -0.0685. The van der Waals surface area contributed by atoms with Crippen LogP contribution in [0.15, 0.2) is 12.3 Å². The van der Waals surface area contributed by atoms with Crippen LogP contribution in [0.4, 0.5) is 10.2 Å². The summed E-state index contributed by atoms with van der Waals surface area (Å²) < 4.78 is 38.1. The third-order valence-electron chi connectivity index (χ3n) is 2.36. The lowest BCUT2D eigenvalue weighted by Crippen LogP contribution is -2.34. The number of sulfonamides is 1. The Hall–Kier alpha value is -1.74. The normalized spacial score (nSPS) is 11.2. The second-order valence-corrected chi connectivity index (χ2v) is 5.80. The number of nitrogens with zero attached hydrogens (tertiary/aromatic N) is 1. The number of carbonyl (C=O) groups is 1. The zero-order chi connectivity index (χ0) is 15.2. The van der Waals surface area contributed by atoms with Crippen LogP contribution in [0.5, 0.6) is 0 Å². The molecule has 0 aliphatic carbocycles. The van der Waals surface area contributed by atoms with E-state index < -0.39 is 21.7 Å². The van der Waals surface area contributed by atoms with Gasteiger partial charge in [-0.3, -0.25) is 4.79 Å². The Kier molecular flexibility index (Phi) is 5.83. The number of rotatable bonds is 7. The molecule has 20 heavy (non-hydrogen) atoms. The molecule has 0 aliphatic heterocycles.